The lowest BCUT2D eigenvalue weighted by molar-refractivity contribution is 0.655. The molecule has 0 bridgehead atoms. The van der Waals surface area contributed by atoms with Crippen molar-refractivity contribution in [1.29, 1.82) is 0 Å². The lowest BCUT2D eigenvalue weighted by Gasteiger charge is -2.05. The molecular formula is C18H14N2O. The molecule has 0 spiro atoms. The van der Waals surface area contributed by atoms with E-state index in [1.54, 1.807) is 6.20 Å². The number of aromatic nitrogens is 2. The summed E-state index contributed by atoms with van der Waals surface area (Å²) in [5.41, 5.74) is 5.88. The first-order valence-electron chi connectivity index (χ1n) is 6.94. The summed E-state index contributed by atoms with van der Waals surface area (Å²) in [6.45, 7) is 4.17. The lowest BCUT2D eigenvalue weighted by Crippen LogP contribution is -1.88. The Bertz CT molecular complexity index is 969. The molecule has 0 fully saturated rings. The van der Waals surface area contributed by atoms with Gasteiger partial charge in [0.15, 0.2) is 0 Å². The molecule has 1 aromatic carbocycles. The standard InChI is InChI=1S/C18H14N2O/c1-11-9-16(20-10-12(11)2)15-6-3-5-13-14-7-4-8-19-18(14)21-17(13)15/h3-10H,1-2H3. The van der Waals surface area contributed by atoms with Gasteiger partial charge in [0.05, 0.1) is 5.69 Å². The first-order chi connectivity index (χ1) is 10.2. The van der Waals surface area contributed by atoms with Crippen LogP contribution in [0.5, 0.6) is 0 Å². The summed E-state index contributed by atoms with van der Waals surface area (Å²) in [7, 11) is 0. The Kier molecular flexibility index (Phi) is 2.54. The highest BCUT2D eigenvalue weighted by Gasteiger charge is 2.13. The Balaban J connectivity index is 2.06. The number of para-hydroxylation sites is 1. The van der Waals surface area contributed by atoms with Gasteiger partial charge in [0, 0.05) is 28.7 Å². The maximum atomic E-state index is 5.96. The minimum Gasteiger partial charge on any atom is -0.437 e. The molecule has 0 aliphatic rings. The first kappa shape index (κ1) is 12.1. The average molecular weight is 274 g/mol. The van der Waals surface area contributed by atoms with E-state index in [0.717, 1.165) is 27.6 Å². The van der Waals surface area contributed by atoms with Gasteiger partial charge in [0.2, 0.25) is 5.71 Å². The third kappa shape index (κ3) is 1.82. The van der Waals surface area contributed by atoms with E-state index in [9.17, 15) is 0 Å². The van der Waals surface area contributed by atoms with Crippen molar-refractivity contribution in [2.75, 3.05) is 0 Å². The molecule has 4 aromatic rings. The highest BCUT2D eigenvalue weighted by molar-refractivity contribution is 6.08. The average Bonchev–Trinajstić information content (AvgIpc) is 2.89. The molecule has 3 aromatic heterocycles. The van der Waals surface area contributed by atoms with Crippen LogP contribution in [0.4, 0.5) is 0 Å². The van der Waals surface area contributed by atoms with Crippen molar-refractivity contribution in [3.05, 3.63) is 59.9 Å². The molecule has 0 aliphatic carbocycles. The smallest absolute Gasteiger partial charge is 0.227 e. The molecule has 102 valence electrons. The van der Waals surface area contributed by atoms with Gasteiger partial charge in [-0.05, 0) is 49.2 Å². The quantitative estimate of drug-likeness (QED) is 0.506. The zero-order chi connectivity index (χ0) is 14.4. The Morgan fingerprint density at radius 1 is 0.905 bits per heavy atom. The minimum atomic E-state index is 0.670. The fourth-order valence-electron chi connectivity index (χ4n) is 2.61. The zero-order valence-electron chi connectivity index (χ0n) is 11.9. The molecule has 0 aliphatic heterocycles. The predicted octanol–water partition coefficient (Wildman–Crippen LogP) is 4.66. The normalized spacial score (nSPS) is 11.3. The van der Waals surface area contributed by atoms with E-state index in [0.29, 0.717) is 5.71 Å². The van der Waals surface area contributed by atoms with E-state index in [1.807, 2.05) is 30.5 Å². The fourth-order valence-corrected chi connectivity index (χ4v) is 2.61. The number of nitrogens with zero attached hydrogens (tertiary/aromatic N) is 2. The molecular weight excluding hydrogens is 260 g/mol. The Hall–Kier alpha value is -2.68. The second kappa shape index (κ2) is 4.42. The summed E-state index contributed by atoms with van der Waals surface area (Å²) in [5.74, 6) is 0. The Morgan fingerprint density at radius 2 is 1.76 bits per heavy atom. The highest BCUT2D eigenvalue weighted by atomic mass is 16.3. The van der Waals surface area contributed by atoms with E-state index in [1.165, 1.54) is 11.1 Å². The van der Waals surface area contributed by atoms with Crippen molar-refractivity contribution < 1.29 is 4.42 Å². The van der Waals surface area contributed by atoms with Crippen molar-refractivity contribution >= 4 is 22.1 Å². The summed E-state index contributed by atoms with van der Waals surface area (Å²) in [6, 6.07) is 12.2. The van der Waals surface area contributed by atoms with Crippen LogP contribution in [0.25, 0.3) is 33.3 Å². The topological polar surface area (TPSA) is 38.9 Å². The molecule has 3 heteroatoms. The third-order valence-electron chi connectivity index (χ3n) is 3.92. The summed E-state index contributed by atoms with van der Waals surface area (Å²) < 4.78 is 5.96. The third-order valence-corrected chi connectivity index (χ3v) is 3.92. The molecule has 4 rings (SSSR count). The van der Waals surface area contributed by atoms with Crippen molar-refractivity contribution in [1.82, 2.24) is 9.97 Å². The molecule has 0 radical (unpaired) electrons. The number of furan rings is 1. The number of hydrogen-bond acceptors (Lipinski definition) is 3. The van der Waals surface area contributed by atoms with Crippen molar-refractivity contribution in [3.8, 4) is 11.3 Å². The van der Waals surface area contributed by atoms with Gasteiger partial charge < -0.3 is 4.42 Å². The SMILES string of the molecule is Cc1cnc(-c2cccc3c2oc2ncccc23)cc1C. The Morgan fingerprint density at radius 3 is 2.62 bits per heavy atom. The van der Waals surface area contributed by atoms with Gasteiger partial charge in [-0.2, -0.15) is 0 Å². The van der Waals surface area contributed by atoms with Crippen LogP contribution in [0, 0.1) is 13.8 Å². The maximum Gasteiger partial charge on any atom is 0.227 e. The minimum absolute atomic E-state index is 0.670. The number of aryl methyl sites for hydroxylation is 2. The lowest BCUT2D eigenvalue weighted by atomic mass is 10.0. The number of hydrogen-bond donors (Lipinski definition) is 0. The zero-order valence-corrected chi connectivity index (χ0v) is 11.9. The molecule has 0 amide bonds. The summed E-state index contributed by atoms with van der Waals surface area (Å²) in [6.07, 6.45) is 3.66. The highest BCUT2D eigenvalue weighted by Crippen LogP contribution is 2.34. The van der Waals surface area contributed by atoms with E-state index in [2.05, 4.69) is 35.9 Å². The molecule has 0 unspecified atom stereocenters. The van der Waals surface area contributed by atoms with Crippen molar-refractivity contribution in [2.45, 2.75) is 13.8 Å². The van der Waals surface area contributed by atoms with Crippen LogP contribution >= 0.6 is 0 Å². The summed E-state index contributed by atoms with van der Waals surface area (Å²) in [4.78, 5) is 8.85. The number of rotatable bonds is 1. The van der Waals surface area contributed by atoms with E-state index in [4.69, 9.17) is 4.42 Å². The number of fused-ring (bicyclic) bond motifs is 3. The summed E-state index contributed by atoms with van der Waals surface area (Å²) in [5, 5.41) is 2.12. The van der Waals surface area contributed by atoms with Gasteiger partial charge in [-0.25, -0.2) is 4.98 Å². The molecule has 3 heterocycles. The van der Waals surface area contributed by atoms with Crippen LogP contribution in [0.3, 0.4) is 0 Å². The monoisotopic (exact) mass is 274 g/mol. The van der Waals surface area contributed by atoms with E-state index in [-0.39, 0.29) is 0 Å². The van der Waals surface area contributed by atoms with Gasteiger partial charge in [-0.3, -0.25) is 4.98 Å². The van der Waals surface area contributed by atoms with Gasteiger partial charge in [0.1, 0.15) is 5.58 Å². The van der Waals surface area contributed by atoms with E-state index < -0.39 is 0 Å². The molecule has 0 atom stereocenters. The molecule has 0 saturated carbocycles. The number of benzene rings is 1. The Labute approximate surface area is 122 Å². The van der Waals surface area contributed by atoms with Gasteiger partial charge >= 0.3 is 0 Å². The molecule has 0 N–H and O–H groups in total. The fraction of sp³-hybridized carbons (Fsp3) is 0.111. The van der Waals surface area contributed by atoms with Gasteiger partial charge in [-0.15, -0.1) is 0 Å². The van der Waals surface area contributed by atoms with Crippen LogP contribution in [0.1, 0.15) is 11.1 Å². The van der Waals surface area contributed by atoms with Gasteiger partial charge in [-0.1, -0.05) is 12.1 Å². The van der Waals surface area contributed by atoms with E-state index >= 15 is 0 Å². The maximum absolute atomic E-state index is 5.96. The molecule has 21 heavy (non-hydrogen) atoms. The van der Waals surface area contributed by atoms with Crippen LogP contribution in [-0.2, 0) is 0 Å². The predicted molar refractivity (Wildman–Crippen MR) is 84.2 cm³/mol. The largest absolute Gasteiger partial charge is 0.437 e. The van der Waals surface area contributed by atoms with Crippen LogP contribution in [0.2, 0.25) is 0 Å². The van der Waals surface area contributed by atoms with Crippen molar-refractivity contribution in [2.24, 2.45) is 0 Å². The van der Waals surface area contributed by atoms with Crippen LogP contribution in [0.15, 0.2) is 53.2 Å². The van der Waals surface area contributed by atoms with Crippen molar-refractivity contribution in [3.63, 3.8) is 0 Å². The van der Waals surface area contributed by atoms with Gasteiger partial charge in [0.25, 0.3) is 0 Å². The second-order valence-corrected chi connectivity index (χ2v) is 5.29. The summed E-state index contributed by atoms with van der Waals surface area (Å²) >= 11 is 0. The number of pyridine rings is 2. The first-order valence-corrected chi connectivity index (χ1v) is 6.94. The van der Waals surface area contributed by atoms with Crippen LogP contribution in [-0.4, -0.2) is 9.97 Å². The second-order valence-electron chi connectivity index (χ2n) is 5.29. The molecule has 3 nitrogen and oxygen atoms in total. The molecule has 0 saturated heterocycles. The van der Waals surface area contributed by atoms with Crippen LogP contribution < -0.4 is 0 Å².